The zero-order chi connectivity index (χ0) is 14.4. The second kappa shape index (κ2) is 3.73. The van der Waals surface area contributed by atoms with Gasteiger partial charge in [0.1, 0.15) is 11.9 Å². The van der Waals surface area contributed by atoms with E-state index in [0.29, 0.717) is 12.1 Å². The van der Waals surface area contributed by atoms with Gasteiger partial charge in [0.15, 0.2) is 0 Å². The van der Waals surface area contributed by atoms with Gasteiger partial charge in [-0.05, 0) is 69.3 Å². The third-order valence-electron chi connectivity index (χ3n) is 6.72. The second-order valence-corrected chi connectivity index (χ2v) is 7.58. The van der Waals surface area contributed by atoms with Gasteiger partial charge >= 0.3 is 0 Å². The Morgan fingerprint density at radius 2 is 2.14 bits per heavy atom. The van der Waals surface area contributed by atoms with Crippen LogP contribution in [-0.2, 0) is 11.8 Å². The fraction of sp³-hybridized carbons (Fsp3) is 0.579. The summed E-state index contributed by atoms with van der Waals surface area (Å²) in [5.74, 6) is 1.96. The Bertz CT molecular complexity index is 676. The summed E-state index contributed by atoms with van der Waals surface area (Å²) in [6, 6.07) is 5.32. The molecule has 4 atom stereocenters. The molecular formula is C19H23NO. The summed E-state index contributed by atoms with van der Waals surface area (Å²) in [5, 5.41) is 0. The summed E-state index contributed by atoms with van der Waals surface area (Å²) in [6.45, 7) is 5.69. The number of nitrogens with zero attached hydrogens (tertiary/aromatic N) is 1. The summed E-state index contributed by atoms with van der Waals surface area (Å²) < 4.78 is 6.57. The number of hydrogen-bond donors (Lipinski definition) is 0. The summed E-state index contributed by atoms with van der Waals surface area (Å²) in [7, 11) is 2.31. The lowest BCUT2D eigenvalue weighted by molar-refractivity contribution is -0.00805. The average molecular weight is 281 g/mol. The van der Waals surface area contributed by atoms with Crippen LogP contribution in [0.15, 0.2) is 23.8 Å². The van der Waals surface area contributed by atoms with Crippen molar-refractivity contribution in [2.24, 2.45) is 5.92 Å². The van der Waals surface area contributed by atoms with Crippen molar-refractivity contribution in [1.82, 2.24) is 4.90 Å². The summed E-state index contributed by atoms with van der Waals surface area (Å²) in [5.41, 5.74) is 6.19. The quantitative estimate of drug-likeness (QED) is 0.677. The van der Waals surface area contributed by atoms with Gasteiger partial charge in [0.25, 0.3) is 0 Å². The van der Waals surface area contributed by atoms with Crippen LogP contribution in [0.1, 0.15) is 36.5 Å². The van der Waals surface area contributed by atoms with E-state index in [1.165, 1.54) is 42.7 Å². The molecule has 0 aromatic heterocycles. The van der Waals surface area contributed by atoms with E-state index in [1.807, 2.05) is 0 Å². The van der Waals surface area contributed by atoms with Crippen LogP contribution in [0, 0.1) is 12.8 Å². The molecule has 2 aliphatic carbocycles. The Morgan fingerprint density at radius 3 is 3.00 bits per heavy atom. The van der Waals surface area contributed by atoms with Crippen LogP contribution in [0.5, 0.6) is 5.75 Å². The van der Waals surface area contributed by atoms with E-state index >= 15 is 0 Å². The van der Waals surface area contributed by atoms with Gasteiger partial charge in [-0.25, -0.2) is 0 Å². The highest BCUT2D eigenvalue weighted by molar-refractivity contribution is 5.59. The average Bonchev–Trinajstić information content (AvgIpc) is 2.83. The minimum Gasteiger partial charge on any atom is -0.485 e. The molecule has 1 aromatic rings. The van der Waals surface area contributed by atoms with E-state index in [4.69, 9.17) is 4.74 Å². The largest absolute Gasteiger partial charge is 0.485 e. The smallest absolute Gasteiger partial charge is 0.130 e. The molecule has 4 aliphatic rings. The standard InChI is InChI=1S/C19H23NO/c1-11-4-6-13-10-15-14-7-5-12(2)18-19(14,8-9-20(15)3)16(13)17(11)21-18/h4-6,14-15,18H,7-10H2,1-3H3/t14?,15?,18-,19-/m1/s1. The van der Waals surface area contributed by atoms with Crippen LogP contribution < -0.4 is 4.74 Å². The SMILES string of the molecule is CC1=CCC2C3Cc4ccc(C)c5c4[C@]2(CCN3C)[C@@H]1O5. The van der Waals surface area contributed by atoms with Crippen LogP contribution in [0.2, 0.25) is 0 Å². The molecule has 2 aliphatic heterocycles. The molecule has 1 saturated heterocycles. The lowest BCUT2D eigenvalue weighted by Gasteiger charge is -2.57. The Kier molecular flexibility index (Phi) is 2.18. The Labute approximate surface area is 126 Å². The molecule has 0 radical (unpaired) electrons. The first-order valence-electron chi connectivity index (χ1n) is 8.29. The molecule has 2 bridgehead atoms. The lowest BCUT2D eigenvalue weighted by atomic mass is 9.52. The number of aryl methyl sites for hydroxylation is 1. The van der Waals surface area contributed by atoms with E-state index in [0.717, 1.165) is 5.92 Å². The minimum absolute atomic E-state index is 0.269. The van der Waals surface area contributed by atoms with Gasteiger partial charge in [-0.15, -0.1) is 0 Å². The minimum atomic E-state index is 0.269. The molecule has 2 nitrogen and oxygen atoms in total. The van der Waals surface area contributed by atoms with Gasteiger partial charge in [0.2, 0.25) is 0 Å². The molecule has 0 amide bonds. The molecule has 1 spiro atoms. The van der Waals surface area contributed by atoms with Crippen molar-refractivity contribution in [2.45, 2.75) is 50.7 Å². The van der Waals surface area contributed by atoms with Crippen molar-refractivity contribution in [1.29, 1.82) is 0 Å². The Balaban J connectivity index is 1.85. The first-order valence-corrected chi connectivity index (χ1v) is 8.29. The summed E-state index contributed by atoms with van der Waals surface area (Å²) in [4.78, 5) is 2.60. The molecular weight excluding hydrogens is 258 g/mol. The van der Waals surface area contributed by atoms with Gasteiger partial charge in [0.05, 0.1) is 0 Å². The number of likely N-dealkylation sites (tertiary alicyclic amines) is 1. The molecule has 2 heterocycles. The first-order chi connectivity index (χ1) is 10.1. The normalized spacial score (nSPS) is 39.6. The van der Waals surface area contributed by atoms with Gasteiger partial charge in [-0.1, -0.05) is 18.2 Å². The molecule has 21 heavy (non-hydrogen) atoms. The fourth-order valence-corrected chi connectivity index (χ4v) is 5.72. The number of rotatable bonds is 0. The van der Waals surface area contributed by atoms with Gasteiger partial charge in [-0.3, -0.25) is 0 Å². The number of likely N-dealkylation sites (N-methyl/N-ethyl adjacent to an activating group) is 1. The molecule has 2 unspecified atom stereocenters. The second-order valence-electron chi connectivity index (χ2n) is 7.58. The summed E-state index contributed by atoms with van der Waals surface area (Å²) in [6.07, 6.45) is 6.43. The predicted octanol–water partition coefficient (Wildman–Crippen LogP) is 3.22. The van der Waals surface area contributed by atoms with Gasteiger partial charge < -0.3 is 9.64 Å². The molecule has 1 fully saturated rings. The van der Waals surface area contributed by atoms with Gasteiger partial charge in [0, 0.05) is 17.0 Å². The van der Waals surface area contributed by atoms with E-state index in [1.54, 1.807) is 11.1 Å². The molecule has 5 rings (SSSR count). The van der Waals surface area contributed by atoms with Crippen LogP contribution in [0.25, 0.3) is 0 Å². The summed E-state index contributed by atoms with van der Waals surface area (Å²) >= 11 is 0. The lowest BCUT2D eigenvalue weighted by Crippen LogP contribution is -2.63. The zero-order valence-corrected chi connectivity index (χ0v) is 13.1. The molecule has 0 saturated carbocycles. The van der Waals surface area contributed by atoms with E-state index < -0.39 is 0 Å². The highest BCUT2D eigenvalue weighted by atomic mass is 16.5. The van der Waals surface area contributed by atoms with Crippen molar-refractivity contribution >= 4 is 0 Å². The van der Waals surface area contributed by atoms with E-state index in [2.05, 4.69) is 44.0 Å². The Hall–Kier alpha value is -1.28. The van der Waals surface area contributed by atoms with Crippen LogP contribution >= 0.6 is 0 Å². The highest BCUT2D eigenvalue weighted by Crippen LogP contribution is 2.62. The number of hydrogen-bond acceptors (Lipinski definition) is 2. The molecule has 110 valence electrons. The van der Waals surface area contributed by atoms with Crippen molar-refractivity contribution in [3.63, 3.8) is 0 Å². The van der Waals surface area contributed by atoms with E-state index in [-0.39, 0.29) is 5.41 Å². The topological polar surface area (TPSA) is 12.5 Å². The maximum atomic E-state index is 6.57. The number of allylic oxidation sites excluding steroid dienone is 1. The van der Waals surface area contributed by atoms with E-state index in [9.17, 15) is 0 Å². The van der Waals surface area contributed by atoms with Crippen LogP contribution in [0.3, 0.4) is 0 Å². The molecule has 0 N–H and O–H groups in total. The zero-order valence-electron chi connectivity index (χ0n) is 13.1. The number of benzene rings is 1. The number of piperidine rings is 1. The first kappa shape index (κ1) is 12.3. The fourth-order valence-electron chi connectivity index (χ4n) is 5.72. The van der Waals surface area contributed by atoms with Crippen LogP contribution in [0.4, 0.5) is 0 Å². The predicted molar refractivity (Wildman–Crippen MR) is 83.9 cm³/mol. The molecule has 2 heteroatoms. The Morgan fingerprint density at radius 1 is 1.29 bits per heavy atom. The molecule has 1 aromatic carbocycles. The third-order valence-corrected chi connectivity index (χ3v) is 6.72. The monoisotopic (exact) mass is 281 g/mol. The van der Waals surface area contributed by atoms with Crippen molar-refractivity contribution in [2.75, 3.05) is 13.6 Å². The number of ether oxygens (including phenoxy) is 1. The van der Waals surface area contributed by atoms with Gasteiger partial charge in [-0.2, -0.15) is 0 Å². The highest BCUT2D eigenvalue weighted by Gasteiger charge is 2.62. The third kappa shape index (κ3) is 1.25. The maximum absolute atomic E-state index is 6.57. The van der Waals surface area contributed by atoms with Crippen LogP contribution in [-0.4, -0.2) is 30.6 Å². The van der Waals surface area contributed by atoms with Crippen molar-refractivity contribution in [3.8, 4) is 5.75 Å². The van der Waals surface area contributed by atoms with Crippen molar-refractivity contribution < 1.29 is 4.74 Å². The van der Waals surface area contributed by atoms with Crippen molar-refractivity contribution in [3.05, 3.63) is 40.5 Å². The maximum Gasteiger partial charge on any atom is 0.130 e.